The highest BCUT2D eigenvalue weighted by atomic mass is 15.6. The van der Waals surface area contributed by atoms with E-state index in [2.05, 4.69) is 216 Å². The number of nitrogens with zero attached hydrogens (tertiary/aromatic N) is 3. The summed E-state index contributed by atoms with van der Waals surface area (Å²) < 4.78 is 4.77. The van der Waals surface area contributed by atoms with Gasteiger partial charge in [-0.2, -0.15) is 4.68 Å². The molecule has 8 aromatic carbocycles. The Hall–Kier alpha value is -7.10. The summed E-state index contributed by atoms with van der Waals surface area (Å²) >= 11 is 0. The van der Waals surface area contributed by atoms with Crippen molar-refractivity contribution in [2.75, 3.05) is 0 Å². The lowest BCUT2D eigenvalue weighted by Gasteiger charge is -2.34. The Morgan fingerprint density at radius 3 is 1.57 bits per heavy atom. The van der Waals surface area contributed by atoms with Crippen molar-refractivity contribution in [3.05, 3.63) is 240 Å². The predicted octanol–water partition coefficient (Wildman–Crippen LogP) is 11.5. The first-order valence-electron chi connectivity index (χ1n) is 18.6. The van der Waals surface area contributed by atoms with Crippen molar-refractivity contribution in [3.63, 3.8) is 0 Å². The van der Waals surface area contributed by atoms with E-state index in [4.69, 9.17) is 4.99 Å². The summed E-state index contributed by atoms with van der Waals surface area (Å²) in [7, 11) is 0. The minimum absolute atomic E-state index is 0.517. The van der Waals surface area contributed by atoms with Crippen LogP contribution in [0.25, 0.3) is 44.1 Å². The van der Waals surface area contributed by atoms with E-state index in [1.807, 2.05) is 0 Å². The van der Waals surface area contributed by atoms with Gasteiger partial charge in [-0.15, -0.1) is 4.68 Å². The molecule has 0 atom stereocenters. The largest absolute Gasteiger partial charge is 0.296 e. The molecule has 0 radical (unpaired) electrons. The van der Waals surface area contributed by atoms with E-state index in [9.17, 15) is 0 Å². The summed E-state index contributed by atoms with van der Waals surface area (Å²) in [5, 5.41) is 2.41. The lowest BCUT2D eigenvalue weighted by atomic mass is 9.67. The zero-order valence-corrected chi connectivity index (χ0v) is 29.5. The fourth-order valence-electron chi connectivity index (χ4n) is 8.95. The topological polar surface area (TPSA) is 20.3 Å². The number of aliphatic imine (C=N–C) groups is 1. The van der Waals surface area contributed by atoms with E-state index in [1.54, 1.807) is 0 Å². The van der Waals surface area contributed by atoms with Crippen molar-refractivity contribution in [2.45, 2.75) is 5.41 Å². The molecule has 3 heteroatoms. The van der Waals surface area contributed by atoms with Crippen molar-refractivity contribution in [2.24, 2.45) is 4.99 Å². The normalized spacial score (nSPS) is 14.1. The maximum Gasteiger partial charge on any atom is 0.296 e. The number of rotatable bonds is 6. The molecule has 0 amide bonds. The third-order valence-corrected chi connectivity index (χ3v) is 11.3. The van der Waals surface area contributed by atoms with E-state index in [-0.39, 0.29) is 0 Å². The molecule has 54 heavy (non-hydrogen) atoms. The molecule has 0 fully saturated rings. The molecule has 9 aromatic rings. The predicted molar refractivity (Wildman–Crippen MR) is 221 cm³/mol. The van der Waals surface area contributed by atoms with Crippen molar-refractivity contribution in [1.82, 2.24) is 4.68 Å². The molecular weight excluding hydrogens is 655 g/mol. The Kier molecular flexibility index (Phi) is 6.77. The SMILES string of the molecule is c1ccc(C2=NC(c3ccccc3)=[N+]2n2c3cc(-c4ccccc4)ccc3c3cc4c(cc32)C(c2ccccc2)(c2ccccc2)c2ccccc2-4)cc1. The molecule has 0 bridgehead atoms. The second-order valence-electron chi connectivity index (χ2n) is 14.2. The van der Waals surface area contributed by atoms with Gasteiger partial charge in [0, 0.05) is 10.8 Å². The molecule has 0 unspecified atom stereocenters. The third-order valence-electron chi connectivity index (χ3n) is 11.3. The fraction of sp³-hybridized carbons (Fsp3) is 0.0196. The molecule has 0 saturated heterocycles. The number of benzene rings is 8. The van der Waals surface area contributed by atoms with Gasteiger partial charge >= 0.3 is 0 Å². The first-order chi connectivity index (χ1) is 26.8. The van der Waals surface area contributed by atoms with E-state index in [0.717, 1.165) is 33.8 Å². The zero-order chi connectivity index (χ0) is 35.6. The Bertz CT molecular complexity index is 2900. The maximum atomic E-state index is 5.26. The number of fused-ring (bicyclic) bond motifs is 6. The molecule has 2 heterocycles. The molecule has 2 aliphatic rings. The standard InChI is InChI=1S/C51H34N3/c1-6-18-35(19-7-1)38-30-31-42-44-33-43-41-28-16-17-29-45(41)51(39-24-12-4-13-25-39,40-26-14-5-15-27-40)46(43)34-48(44)53(47(42)32-38)54-49(36-20-8-2-9-21-36)52-50(54)37-22-10-3-11-23-37/h1-34H/q+1. The van der Waals surface area contributed by atoms with Gasteiger partial charge in [-0.05, 0) is 87.0 Å². The van der Waals surface area contributed by atoms with Gasteiger partial charge in [0.25, 0.3) is 11.7 Å². The average Bonchev–Trinajstić information content (AvgIpc) is 3.70. The molecular formula is C51H34N3+. The Balaban J connectivity index is 1.29. The monoisotopic (exact) mass is 688 g/mol. The first-order valence-corrected chi connectivity index (χ1v) is 18.6. The van der Waals surface area contributed by atoms with Gasteiger partial charge in [-0.3, -0.25) is 0 Å². The molecule has 252 valence electrons. The molecule has 0 saturated carbocycles. The Labute approximate surface area is 314 Å². The maximum absolute atomic E-state index is 5.26. The second-order valence-corrected chi connectivity index (χ2v) is 14.2. The Morgan fingerprint density at radius 1 is 0.389 bits per heavy atom. The first kappa shape index (κ1) is 30.5. The van der Waals surface area contributed by atoms with E-state index < -0.39 is 5.41 Å². The summed E-state index contributed by atoms with van der Waals surface area (Å²) in [5.74, 6) is 1.83. The van der Waals surface area contributed by atoms with Crippen molar-refractivity contribution < 1.29 is 4.68 Å². The van der Waals surface area contributed by atoms with Gasteiger partial charge in [-0.1, -0.05) is 169 Å². The van der Waals surface area contributed by atoms with E-state index in [0.29, 0.717) is 0 Å². The van der Waals surface area contributed by atoms with Crippen LogP contribution in [0.4, 0.5) is 0 Å². The van der Waals surface area contributed by atoms with Crippen LogP contribution in [-0.4, -0.2) is 21.0 Å². The van der Waals surface area contributed by atoms with Gasteiger partial charge < -0.3 is 0 Å². The van der Waals surface area contributed by atoms with E-state index in [1.165, 1.54) is 55.3 Å². The van der Waals surface area contributed by atoms with Crippen LogP contribution in [0.5, 0.6) is 0 Å². The molecule has 1 aliphatic heterocycles. The summed E-state index contributed by atoms with van der Waals surface area (Å²) in [6.45, 7) is 0. The summed E-state index contributed by atoms with van der Waals surface area (Å²) in [6, 6.07) is 74.8. The van der Waals surface area contributed by atoms with Crippen LogP contribution in [0.15, 0.2) is 211 Å². The molecule has 1 aromatic heterocycles. The number of aromatic nitrogens is 1. The highest BCUT2D eigenvalue weighted by Gasteiger charge is 2.47. The molecule has 11 rings (SSSR count). The summed E-state index contributed by atoms with van der Waals surface area (Å²) in [4.78, 5) is 5.26. The molecule has 3 nitrogen and oxygen atoms in total. The van der Waals surface area contributed by atoms with Crippen molar-refractivity contribution in [1.29, 1.82) is 0 Å². The van der Waals surface area contributed by atoms with E-state index >= 15 is 0 Å². The lowest BCUT2D eigenvalue weighted by Crippen LogP contribution is -2.41. The third kappa shape index (κ3) is 4.36. The van der Waals surface area contributed by atoms with Gasteiger partial charge in [-0.25, -0.2) is 0 Å². The van der Waals surface area contributed by atoms with Crippen LogP contribution in [0.3, 0.4) is 0 Å². The smallest absolute Gasteiger partial charge is 0.198 e. The van der Waals surface area contributed by atoms with Gasteiger partial charge in [0.2, 0.25) is 0 Å². The van der Waals surface area contributed by atoms with Crippen molar-refractivity contribution >= 4 is 33.5 Å². The summed E-state index contributed by atoms with van der Waals surface area (Å²) in [5.41, 5.74) is 13.9. The van der Waals surface area contributed by atoms with Crippen LogP contribution >= 0.6 is 0 Å². The average molecular weight is 689 g/mol. The van der Waals surface area contributed by atoms with Crippen LogP contribution in [0, 0.1) is 0 Å². The lowest BCUT2D eigenvalue weighted by molar-refractivity contribution is -0.475. The van der Waals surface area contributed by atoms with Gasteiger partial charge in [0.1, 0.15) is 0 Å². The highest BCUT2D eigenvalue weighted by molar-refractivity contribution is 6.17. The van der Waals surface area contributed by atoms with Crippen molar-refractivity contribution in [3.8, 4) is 22.3 Å². The zero-order valence-electron chi connectivity index (χ0n) is 29.5. The van der Waals surface area contributed by atoms with Crippen LogP contribution < -0.4 is 0 Å². The van der Waals surface area contributed by atoms with Crippen LogP contribution in [0.1, 0.15) is 33.4 Å². The minimum Gasteiger partial charge on any atom is -0.198 e. The second kappa shape index (κ2) is 12.0. The van der Waals surface area contributed by atoms with Gasteiger partial charge in [0.15, 0.2) is 0 Å². The molecule has 0 N–H and O–H groups in total. The quantitative estimate of drug-likeness (QED) is 0.155. The fourth-order valence-corrected chi connectivity index (χ4v) is 8.95. The summed E-state index contributed by atoms with van der Waals surface area (Å²) in [6.07, 6.45) is 0. The minimum atomic E-state index is -0.517. The van der Waals surface area contributed by atoms with Crippen LogP contribution in [-0.2, 0) is 5.41 Å². The molecule has 1 aliphatic carbocycles. The number of hydrogen-bond donors (Lipinski definition) is 0. The van der Waals surface area contributed by atoms with Crippen LogP contribution in [0.2, 0.25) is 0 Å². The van der Waals surface area contributed by atoms with Gasteiger partial charge in [0.05, 0.1) is 27.6 Å². The highest BCUT2D eigenvalue weighted by Crippen LogP contribution is 2.57. The Morgan fingerprint density at radius 2 is 0.926 bits per heavy atom. The number of amidine groups is 2. The molecule has 0 spiro atoms. The number of hydrogen-bond acceptors (Lipinski definition) is 1.